The van der Waals surface area contributed by atoms with Crippen LogP contribution in [0.2, 0.25) is 0 Å². The van der Waals surface area contributed by atoms with Gasteiger partial charge in [-0.05, 0) is 46.5 Å². The lowest BCUT2D eigenvalue weighted by atomic mass is 9.95. The molecule has 0 heterocycles. The fraction of sp³-hybridized carbons (Fsp3) is 0.0800. The number of rotatable bonds is 4. The van der Waals surface area contributed by atoms with Crippen molar-refractivity contribution in [3.05, 3.63) is 119 Å². The van der Waals surface area contributed by atoms with Crippen LogP contribution in [0.3, 0.4) is 0 Å². The third-order valence-corrected chi connectivity index (χ3v) is 4.90. The Balaban J connectivity index is 1.75. The number of amides is 1. The smallest absolute Gasteiger partial charge is 0.252 e. The predicted octanol–water partition coefficient (Wildman–Crippen LogP) is 5.67. The number of hydrogen-bond donors (Lipinski definition) is 1. The van der Waals surface area contributed by atoms with Crippen LogP contribution in [-0.2, 0) is 0 Å². The van der Waals surface area contributed by atoms with Crippen molar-refractivity contribution in [1.82, 2.24) is 5.32 Å². The fourth-order valence-corrected chi connectivity index (χ4v) is 3.43. The van der Waals surface area contributed by atoms with E-state index in [1.807, 2.05) is 61.5 Å². The molecule has 4 aromatic rings. The summed E-state index contributed by atoms with van der Waals surface area (Å²) in [6.07, 6.45) is 0. The van der Waals surface area contributed by atoms with Crippen LogP contribution in [0.5, 0.6) is 0 Å². The Morgan fingerprint density at radius 3 is 2.15 bits per heavy atom. The van der Waals surface area contributed by atoms with E-state index in [9.17, 15) is 4.79 Å². The van der Waals surface area contributed by atoms with Crippen molar-refractivity contribution in [2.75, 3.05) is 0 Å². The topological polar surface area (TPSA) is 29.1 Å². The van der Waals surface area contributed by atoms with E-state index in [4.69, 9.17) is 0 Å². The second-order valence-corrected chi connectivity index (χ2v) is 6.74. The number of benzene rings is 4. The van der Waals surface area contributed by atoms with Gasteiger partial charge in [-0.1, -0.05) is 84.9 Å². The molecule has 4 aromatic carbocycles. The van der Waals surface area contributed by atoms with Crippen LogP contribution < -0.4 is 5.32 Å². The minimum Gasteiger partial charge on any atom is -0.341 e. The molecule has 0 aliphatic rings. The minimum absolute atomic E-state index is 0.0601. The number of fused-ring (bicyclic) bond motifs is 1. The molecule has 0 saturated heterocycles. The van der Waals surface area contributed by atoms with Gasteiger partial charge < -0.3 is 5.32 Å². The maximum absolute atomic E-state index is 13.0. The molecular formula is C25H21NO. The number of aryl methyl sites for hydroxylation is 1. The van der Waals surface area contributed by atoms with Gasteiger partial charge in [-0.3, -0.25) is 4.79 Å². The van der Waals surface area contributed by atoms with E-state index < -0.39 is 0 Å². The van der Waals surface area contributed by atoms with Crippen LogP contribution in [0.4, 0.5) is 0 Å². The van der Waals surface area contributed by atoms with E-state index >= 15 is 0 Å². The lowest BCUT2D eigenvalue weighted by molar-refractivity contribution is 0.0942. The molecule has 1 atom stereocenters. The van der Waals surface area contributed by atoms with Crippen molar-refractivity contribution in [3.8, 4) is 0 Å². The number of carbonyl (C=O) groups excluding carboxylic acids is 1. The zero-order valence-corrected chi connectivity index (χ0v) is 15.2. The van der Waals surface area contributed by atoms with E-state index in [0.717, 1.165) is 16.7 Å². The van der Waals surface area contributed by atoms with Gasteiger partial charge in [0.1, 0.15) is 0 Å². The molecule has 0 saturated carbocycles. The Morgan fingerprint density at radius 2 is 1.37 bits per heavy atom. The van der Waals surface area contributed by atoms with Gasteiger partial charge in [0.25, 0.3) is 5.91 Å². The van der Waals surface area contributed by atoms with E-state index in [1.54, 1.807) is 0 Å². The van der Waals surface area contributed by atoms with Gasteiger partial charge in [-0.25, -0.2) is 0 Å². The first-order valence-electron chi connectivity index (χ1n) is 9.12. The molecule has 0 spiro atoms. The summed E-state index contributed by atoms with van der Waals surface area (Å²) >= 11 is 0. The van der Waals surface area contributed by atoms with Crippen LogP contribution in [0.15, 0.2) is 97.1 Å². The minimum atomic E-state index is -0.206. The SMILES string of the molecule is Cc1ccccc1C(=O)N[C@H](c1ccccc1)c1ccc2ccccc2c1. The first kappa shape index (κ1) is 17.0. The van der Waals surface area contributed by atoms with Crippen molar-refractivity contribution >= 4 is 16.7 Å². The zero-order valence-electron chi connectivity index (χ0n) is 15.2. The Morgan fingerprint density at radius 1 is 0.704 bits per heavy atom. The summed E-state index contributed by atoms with van der Waals surface area (Å²) in [5, 5.41) is 5.59. The van der Waals surface area contributed by atoms with Crippen molar-refractivity contribution in [3.63, 3.8) is 0 Å². The molecule has 2 nitrogen and oxygen atoms in total. The molecule has 0 radical (unpaired) electrons. The highest BCUT2D eigenvalue weighted by Crippen LogP contribution is 2.26. The van der Waals surface area contributed by atoms with Crippen LogP contribution in [0.1, 0.15) is 33.1 Å². The zero-order chi connectivity index (χ0) is 18.6. The lowest BCUT2D eigenvalue weighted by Crippen LogP contribution is -2.29. The van der Waals surface area contributed by atoms with E-state index in [2.05, 4.69) is 47.8 Å². The van der Waals surface area contributed by atoms with Crippen LogP contribution in [0, 0.1) is 6.92 Å². The van der Waals surface area contributed by atoms with Gasteiger partial charge in [0.05, 0.1) is 6.04 Å². The molecule has 1 N–H and O–H groups in total. The van der Waals surface area contributed by atoms with Gasteiger partial charge in [0, 0.05) is 5.56 Å². The molecule has 2 heteroatoms. The average molecular weight is 351 g/mol. The van der Waals surface area contributed by atoms with Crippen molar-refractivity contribution in [1.29, 1.82) is 0 Å². The molecular weight excluding hydrogens is 330 g/mol. The summed E-state index contributed by atoms with van der Waals surface area (Å²) < 4.78 is 0. The molecule has 27 heavy (non-hydrogen) atoms. The number of carbonyl (C=O) groups is 1. The average Bonchev–Trinajstić information content (AvgIpc) is 2.72. The monoisotopic (exact) mass is 351 g/mol. The normalized spacial score (nSPS) is 11.9. The summed E-state index contributed by atoms with van der Waals surface area (Å²) in [6.45, 7) is 1.96. The van der Waals surface area contributed by atoms with Crippen molar-refractivity contribution < 1.29 is 4.79 Å². The van der Waals surface area contributed by atoms with Crippen LogP contribution in [0.25, 0.3) is 10.8 Å². The molecule has 4 rings (SSSR count). The van der Waals surface area contributed by atoms with Crippen molar-refractivity contribution in [2.45, 2.75) is 13.0 Å². The number of nitrogens with one attached hydrogen (secondary N) is 1. The van der Waals surface area contributed by atoms with E-state index in [0.29, 0.717) is 5.56 Å². The Kier molecular flexibility index (Phi) is 4.71. The third-order valence-electron chi connectivity index (χ3n) is 4.90. The lowest BCUT2D eigenvalue weighted by Gasteiger charge is -2.21. The Labute approximate surface area is 159 Å². The summed E-state index contributed by atoms with van der Waals surface area (Å²) in [6, 6.07) is 32.2. The van der Waals surface area contributed by atoms with Crippen LogP contribution >= 0.6 is 0 Å². The first-order valence-corrected chi connectivity index (χ1v) is 9.12. The van der Waals surface area contributed by atoms with Gasteiger partial charge in [-0.2, -0.15) is 0 Å². The summed E-state index contributed by atoms with van der Waals surface area (Å²) in [7, 11) is 0. The van der Waals surface area contributed by atoms with Gasteiger partial charge in [-0.15, -0.1) is 0 Å². The molecule has 0 aromatic heterocycles. The predicted molar refractivity (Wildman–Crippen MR) is 111 cm³/mol. The van der Waals surface area contributed by atoms with E-state index in [-0.39, 0.29) is 11.9 Å². The van der Waals surface area contributed by atoms with Crippen molar-refractivity contribution in [2.24, 2.45) is 0 Å². The Bertz CT molecular complexity index is 1090. The maximum atomic E-state index is 13.0. The second kappa shape index (κ2) is 7.46. The molecule has 1 amide bonds. The highest BCUT2D eigenvalue weighted by molar-refractivity contribution is 5.96. The fourth-order valence-electron chi connectivity index (χ4n) is 3.43. The summed E-state index contributed by atoms with van der Waals surface area (Å²) in [5.41, 5.74) is 3.82. The van der Waals surface area contributed by atoms with Gasteiger partial charge in [0.15, 0.2) is 0 Å². The van der Waals surface area contributed by atoms with Crippen LogP contribution in [-0.4, -0.2) is 5.91 Å². The summed E-state index contributed by atoms with van der Waals surface area (Å²) in [4.78, 5) is 13.0. The second-order valence-electron chi connectivity index (χ2n) is 6.74. The van der Waals surface area contributed by atoms with Gasteiger partial charge in [0.2, 0.25) is 0 Å². The molecule has 0 aliphatic heterocycles. The van der Waals surface area contributed by atoms with E-state index in [1.165, 1.54) is 10.8 Å². The largest absolute Gasteiger partial charge is 0.341 e. The number of hydrogen-bond acceptors (Lipinski definition) is 1. The maximum Gasteiger partial charge on any atom is 0.252 e. The highest BCUT2D eigenvalue weighted by atomic mass is 16.1. The third kappa shape index (κ3) is 3.61. The van der Waals surface area contributed by atoms with Gasteiger partial charge >= 0.3 is 0 Å². The molecule has 0 unspecified atom stereocenters. The first-order chi connectivity index (χ1) is 13.2. The molecule has 132 valence electrons. The standard InChI is InChI=1S/C25H21NO/c1-18-9-5-8-14-23(18)25(27)26-24(20-11-3-2-4-12-20)22-16-15-19-10-6-7-13-21(19)17-22/h2-17,24H,1H3,(H,26,27)/t24-/m1/s1. The highest BCUT2D eigenvalue weighted by Gasteiger charge is 2.19. The summed E-state index contributed by atoms with van der Waals surface area (Å²) in [5.74, 6) is -0.0601. The molecule has 0 fully saturated rings. The molecule has 0 aliphatic carbocycles. The Hall–Kier alpha value is -3.39. The quantitative estimate of drug-likeness (QED) is 0.504. The molecule has 0 bridgehead atoms.